The molecular formula is C19H15N3O. The van der Waals surface area contributed by atoms with Crippen LogP contribution in [0.2, 0.25) is 0 Å². The second-order valence-electron chi connectivity index (χ2n) is 5.30. The first-order chi connectivity index (χ1) is 11.4. The van der Waals surface area contributed by atoms with E-state index in [9.17, 15) is 0 Å². The molecule has 0 aliphatic heterocycles. The van der Waals surface area contributed by atoms with Gasteiger partial charge in [0.15, 0.2) is 5.76 Å². The molecule has 2 aromatic carbocycles. The van der Waals surface area contributed by atoms with Crippen LogP contribution < -0.4 is 0 Å². The van der Waals surface area contributed by atoms with E-state index in [2.05, 4.69) is 26.8 Å². The Morgan fingerprint density at radius 2 is 1.65 bits per heavy atom. The molecule has 112 valence electrons. The Hall–Kier alpha value is -3.14. The lowest BCUT2D eigenvalue weighted by Gasteiger charge is -2.18. The van der Waals surface area contributed by atoms with Crippen molar-refractivity contribution in [1.82, 2.24) is 14.7 Å². The Morgan fingerprint density at radius 1 is 0.913 bits per heavy atom. The largest absolute Gasteiger partial charge is 0.356 e. The van der Waals surface area contributed by atoms with Crippen molar-refractivity contribution in [2.24, 2.45) is 0 Å². The van der Waals surface area contributed by atoms with Crippen molar-refractivity contribution < 1.29 is 4.52 Å². The van der Waals surface area contributed by atoms with Crippen molar-refractivity contribution in [1.29, 1.82) is 0 Å². The van der Waals surface area contributed by atoms with E-state index in [0.717, 1.165) is 22.5 Å². The summed E-state index contributed by atoms with van der Waals surface area (Å²) in [6.45, 7) is 0. The van der Waals surface area contributed by atoms with Gasteiger partial charge < -0.3 is 9.09 Å². The normalized spacial score (nSPS) is 12.2. The van der Waals surface area contributed by atoms with Gasteiger partial charge in [0.1, 0.15) is 0 Å². The third-order valence-electron chi connectivity index (χ3n) is 3.87. The highest BCUT2D eigenvalue weighted by atomic mass is 16.5. The number of benzene rings is 2. The third kappa shape index (κ3) is 2.55. The minimum atomic E-state index is -0.0276. The average molecular weight is 301 g/mol. The van der Waals surface area contributed by atoms with Crippen LogP contribution in [0.25, 0.3) is 11.3 Å². The summed E-state index contributed by atoms with van der Waals surface area (Å²) < 4.78 is 7.63. The second-order valence-corrected chi connectivity index (χ2v) is 5.30. The predicted molar refractivity (Wildman–Crippen MR) is 87.8 cm³/mol. The van der Waals surface area contributed by atoms with Gasteiger partial charge in [-0.1, -0.05) is 65.8 Å². The Bertz CT molecular complexity index is 867. The second kappa shape index (κ2) is 5.93. The number of nitrogens with zero attached hydrogens (tertiary/aromatic N) is 3. The number of hydrogen-bond acceptors (Lipinski definition) is 3. The molecular weight excluding hydrogens is 286 g/mol. The maximum absolute atomic E-state index is 5.57. The zero-order valence-electron chi connectivity index (χ0n) is 12.4. The van der Waals surface area contributed by atoms with E-state index in [0.29, 0.717) is 0 Å². The molecule has 1 unspecified atom stereocenters. The van der Waals surface area contributed by atoms with E-state index in [-0.39, 0.29) is 6.04 Å². The Kier molecular flexibility index (Phi) is 3.48. The van der Waals surface area contributed by atoms with Gasteiger partial charge in [0, 0.05) is 23.5 Å². The molecule has 23 heavy (non-hydrogen) atoms. The van der Waals surface area contributed by atoms with Gasteiger partial charge in [-0.05, 0) is 5.56 Å². The number of rotatable bonds is 4. The molecule has 0 aliphatic rings. The zero-order chi connectivity index (χ0) is 15.5. The van der Waals surface area contributed by atoms with E-state index < -0.39 is 0 Å². The van der Waals surface area contributed by atoms with Gasteiger partial charge >= 0.3 is 0 Å². The summed E-state index contributed by atoms with van der Waals surface area (Å²) in [5.74, 6) is 0.785. The minimum Gasteiger partial charge on any atom is -0.356 e. The number of hydrogen-bond donors (Lipinski definition) is 0. The van der Waals surface area contributed by atoms with Crippen LogP contribution in [0.4, 0.5) is 0 Å². The first-order valence-corrected chi connectivity index (χ1v) is 7.46. The van der Waals surface area contributed by atoms with Crippen LogP contribution in [-0.4, -0.2) is 14.7 Å². The molecule has 4 rings (SSSR count). The van der Waals surface area contributed by atoms with E-state index in [4.69, 9.17) is 4.52 Å². The van der Waals surface area contributed by atoms with Crippen LogP contribution >= 0.6 is 0 Å². The smallest absolute Gasteiger partial charge is 0.172 e. The molecule has 0 N–H and O–H groups in total. The van der Waals surface area contributed by atoms with E-state index in [1.54, 1.807) is 12.4 Å². The van der Waals surface area contributed by atoms with Crippen LogP contribution in [0.3, 0.4) is 0 Å². The topological polar surface area (TPSA) is 43.9 Å². The minimum absolute atomic E-state index is 0.0276. The molecule has 0 radical (unpaired) electrons. The van der Waals surface area contributed by atoms with E-state index in [1.165, 1.54) is 0 Å². The fourth-order valence-electron chi connectivity index (χ4n) is 2.82. The molecule has 0 bridgehead atoms. The molecule has 0 fully saturated rings. The van der Waals surface area contributed by atoms with Crippen molar-refractivity contribution >= 4 is 0 Å². The monoisotopic (exact) mass is 301 g/mol. The van der Waals surface area contributed by atoms with Gasteiger partial charge in [-0.3, -0.25) is 0 Å². The van der Waals surface area contributed by atoms with Crippen LogP contribution in [0, 0.1) is 0 Å². The first kappa shape index (κ1) is 13.5. The maximum Gasteiger partial charge on any atom is 0.172 e. The average Bonchev–Trinajstić information content (AvgIpc) is 3.30. The quantitative estimate of drug-likeness (QED) is 0.568. The van der Waals surface area contributed by atoms with Crippen molar-refractivity contribution in [2.75, 3.05) is 0 Å². The molecule has 0 saturated heterocycles. The molecule has 1 atom stereocenters. The molecule has 2 aromatic heterocycles. The molecule has 4 aromatic rings. The number of aromatic nitrogens is 3. The Balaban J connectivity index is 1.88. The fourth-order valence-corrected chi connectivity index (χ4v) is 2.82. The summed E-state index contributed by atoms with van der Waals surface area (Å²) in [5, 5.41) is 4.05. The van der Waals surface area contributed by atoms with Crippen molar-refractivity contribution in [3.05, 3.63) is 96.7 Å². The zero-order valence-corrected chi connectivity index (χ0v) is 12.4. The lowest BCUT2D eigenvalue weighted by Crippen LogP contribution is -2.10. The van der Waals surface area contributed by atoms with Gasteiger partial charge in [0.05, 0.1) is 18.6 Å². The molecule has 4 nitrogen and oxygen atoms in total. The third-order valence-corrected chi connectivity index (χ3v) is 3.87. The van der Waals surface area contributed by atoms with Crippen molar-refractivity contribution in [2.45, 2.75) is 6.04 Å². The summed E-state index contributed by atoms with van der Waals surface area (Å²) in [4.78, 5) is 4.19. The summed E-state index contributed by atoms with van der Waals surface area (Å²) in [7, 11) is 0. The molecule has 0 amide bonds. The van der Waals surface area contributed by atoms with Gasteiger partial charge in [-0.2, -0.15) is 0 Å². The summed E-state index contributed by atoms with van der Waals surface area (Å²) in [6.07, 6.45) is 7.35. The SMILES string of the molecule is c1ccc(-c2oncc2C(c2ccccc2)n2ccnc2)cc1. The fraction of sp³-hybridized carbons (Fsp3) is 0.0526. The Labute approximate surface area is 134 Å². The molecule has 0 spiro atoms. The number of imidazole rings is 1. The Morgan fingerprint density at radius 3 is 2.35 bits per heavy atom. The highest BCUT2D eigenvalue weighted by molar-refractivity contribution is 5.62. The van der Waals surface area contributed by atoms with Crippen molar-refractivity contribution in [3.63, 3.8) is 0 Å². The molecule has 0 aliphatic carbocycles. The van der Waals surface area contributed by atoms with Gasteiger partial charge in [0.25, 0.3) is 0 Å². The van der Waals surface area contributed by atoms with E-state index in [1.807, 2.05) is 61.1 Å². The van der Waals surface area contributed by atoms with Gasteiger partial charge in [-0.25, -0.2) is 4.98 Å². The first-order valence-electron chi connectivity index (χ1n) is 7.46. The van der Waals surface area contributed by atoms with Crippen molar-refractivity contribution in [3.8, 4) is 11.3 Å². The van der Waals surface area contributed by atoms with Crippen LogP contribution in [0.1, 0.15) is 17.2 Å². The predicted octanol–water partition coefficient (Wildman–Crippen LogP) is 4.18. The van der Waals surface area contributed by atoms with Gasteiger partial charge in [-0.15, -0.1) is 0 Å². The molecule has 4 heteroatoms. The lowest BCUT2D eigenvalue weighted by molar-refractivity contribution is 0.431. The molecule has 0 saturated carbocycles. The maximum atomic E-state index is 5.57. The van der Waals surface area contributed by atoms with Crippen LogP contribution in [0.15, 0.2) is 90.1 Å². The van der Waals surface area contributed by atoms with Crippen LogP contribution in [-0.2, 0) is 0 Å². The summed E-state index contributed by atoms with van der Waals surface area (Å²) in [5.41, 5.74) is 3.19. The highest BCUT2D eigenvalue weighted by Crippen LogP contribution is 2.34. The lowest BCUT2D eigenvalue weighted by atomic mass is 9.97. The highest BCUT2D eigenvalue weighted by Gasteiger charge is 2.23. The van der Waals surface area contributed by atoms with Crippen LogP contribution in [0.5, 0.6) is 0 Å². The summed E-state index contributed by atoms with van der Waals surface area (Å²) in [6, 6.07) is 20.3. The van der Waals surface area contributed by atoms with Gasteiger partial charge in [0.2, 0.25) is 0 Å². The summed E-state index contributed by atoms with van der Waals surface area (Å²) >= 11 is 0. The standard InChI is InChI=1S/C19H15N3O/c1-3-7-15(8-4-1)18(22-12-11-20-14-22)17-13-21-23-19(17)16-9-5-2-6-10-16/h1-14,18H. The van der Waals surface area contributed by atoms with E-state index >= 15 is 0 Å². The molecule has 2 heterocycles.